The van der Waals surface area contributed by atoms with E-state index in [0.717, 1.165) is 6.26 Å². The van der Waals surface area contributed by atoms with Gasteiger partial charge in [0, 0.05) is 32.5 Å². The maximum atomic E-state index is 11.8. The number of carbonyl (C=O) groups excluding carboxylic acids is 1. The smallest absolute Gasteiger partial charge is 0.242 e. The minimum Gasteiger partial charge on any atom is -0.374 e. The minimum absolute atomic E-state index is 0.117. The summed E-state index contributed by atoms with van der Waals surface area (Å²) in [5.41, 5.74) is 0. The molecule has 0 unspecified atom stereocenters. The zero-order chi connectivity index (χ0) is 16.2. The summed E-state index contributed by atoms with van der Waals surface area (Å²) in [7, 11) is -3.23. The largest absolute Gasteiger partial charge is 0.374 e. The fraction of sp³-hybridized carbons (Fsp3) is 0.727. The number of halogens is 1. The molecule has 1 saturated heterocycles. The SMILES string of the molecule is CS(=O)(=O)N1CCO[C@H](CNC(=O)CCc2nc(Cl)n[nH]2)C1. The van der Waals surface area contributed by atoms with Crippen LogP contribution < -0.4 is 5.32 Å². The molecule has 1 aliphatic rings. The van der Waals surface area contributed by atoms with Crippen LogP contribution >= 0.6 is 11.6 Å². The van der Waals surface area contributed by atoms with Crippen molar-refractivity contribution in [3.63, 3.8) is 0 Å². The van der Waals surface area contributed by atoms with Crippen molar-refractivity contribution in [2.75, 3.05) is 32.5 Å². The summed E-state index contributed by atoms with van der Waals surface area (Å²) in [4.78, 5) is 15.6. The number of sulfonamides is 1. The molecule has 2 rings (SSSR count). The molecule has 22 heavy (non-hydrogen) atoms. The second-order valence-electron chi connectivity index (χ2n) is 4.97. The van der Waals surface area contributed by atoms with Crippen molar-refractivity contribution in [1.82, 2.24) is 24.8 Å². The van der Waals surface area contributed by atoms with Gasteiger partial charge in [0.2, 0.25) is 21.2 Å². The number of hydrogen-bond donors (Lipinski definition) is 2. The molecule has 0 aromatic carbocycles. The van der Waals surface area contributed by atoms with E-state index in [4.69, 9.17) is 16.3 Å². The Morgan fingerprint density at radius 1 is 1.59 bits per heavy atom. The van der Waals surface area contributed by atoms with E-state index in [1.165, 1.54) is 4.31 Å². The molecule has 0 spiro atoms. The van der Waals surface area contributed by atoms with Crippen LogP contribution in [-0.4, -0.2) is 72.4 Å². The highest BCUT2D eigenvalue weighted by atomic mass is 35.5. The van der Waals surface area contributed by atoms with Crippen LogP contribution in [0, 0.1) is 0 Å². The van der Waals surface area contributed by atoms with E-state index in [2.05, 4.69) is 20.5 Å². The number of aromatic amines is 1. The number of ether oxygens (including phenoxy) is 1. The molecule has 2 N–H and O–H groups in total. The van der Waals surface area contributed by atoms with Crippen LogP contribution in [0.4, 0.5) is 0 Å². The van der Waals surface area contributed by atoms with Crippen LogP contribution in [0.5, 0.6) is 0 Å². The second kappa shape index (κ2) is 7.36. The van der Waals surface area contributed by atoms with Gasteiger partial charge < -0.3 is 10.1 Å². The Kier molecular flexibility index (Phi) is 5.73. The Hall–Kier alpha value is -1.23. The van der Waals surface area contributed by atoms with E-state index in [-0.39, 0.29) is 36.8 Å². The van der Waals surface area contributed by atoms with Crippen LogP contribution in [0.2, 0.25) is 5.28 Å². The second-order valence-corrected chi connectivity index (χ2v) is 7.29. The van der Waals surface area contributed by atoms with E-state index in [0.29, 0.717) is 25.4 Å². The summed E-state index contributed by atoms with van der Waals surface area (Å²) in [5.74, 6) is 0.366. The number of hydrogen-bond acceptors (Lipinski definition) is 6. The van der Waals surface area contributed by atoms with E-state index in [1.54, 1.807) is 0 Å². The lowest BCUT2D eigenvalue weighted by Gasteiger charge is -2.31. The lowest BCUT2D eigenvalue weighted by molar-refractivity contribution is -0.122. The maximum Gasteiger partial charge on any atom is 0.242 e. The number of amides is 1. The van der Waals surface area contributed by atoms with Gasteiger partial charge in [-0.05, 0) is 11.6 Å². The molecular formula is C11H18ClN5O4S. The zero-order valence-electron chi connectivity index (χ0n) is 12.1. The number of rotatable bonds is 6. The fourth-order valence-corrected chi connectivity index (χ4v) is 3.04. The van der Waals surface area contributed by atoms with Crippen molar-refractivity contribution in [2.24, 2.45) is 0 Å². The molecule has 0 aliphatic carbocycles. The van der Waals surface area contributed by atoms with Crippen molar-refractivity contribution in [2.45, 2.75) is 18.9 Å². The Bertz CT molecular complexity index is 620. The summed E-state index contributed by atoms with van der Waals surface area (Å²) < 4.78 is 29.8. The number of H-pyrrole nitrogens is 1. The summed E-state index contributed by atoms with van der Waals surface area (Å²) in [5, 5.41) is 9.12. The third kappa shape index (κ3) is 5.20. The summed E-state index contributed by atoms with van der Waals surface area (Å²) in [6.07, 6.45) is 1.45. The van der Waals surface area contributed by atoms with Crippen molar-refractivity contribution >= 4 is 27.5 Å². The van der Waals surface area contributed by atoms with Gasteiger partial charge >= 0.3 is 0 Å². The lowest BCUT2D eigenvalue weighted by Crippen LogP contribution is -2.49. The van der Waals surface area contributed by atoms with E-state index >= 15 is 0 Å². The van der Waals surface area contributed by atoms with Crippen molar-refractivity contribution in [1.29, 1.82) is 0 Å². The molecule has 1 fully saturated rings. The third-order valence-corrected chi connectivity index (χ3v) is 4.63. The average molecular weight is 352 g/mol. The van der Waals surface area contributed by atoms with Gasteiger partial charge in [-0.25, -0.2) is 13.4 Å². The van der Waals surface area contributed by atoms with Crippen molar-refractivity contribution < 1.29 is 17.9 Å². The Morgan fingerprint density at radius 3 is 3.00 bits per heavy atom. The summed E-state index contributed by atoms with van der Waals surface area (Å²) in [6, 6.07) is 0. The number of aryl methyl sites for hydroxylation is 1. The van der Waals surface area contributed by atoms with Gasteiger partial charge in [0.05, 0.1) is 19.0 Å². The molecular weight excluding hydrogens is 334 g/mol. The molecule has 11 heteroatoms. The van der Waals surface area contributed by atoms with Gasteiger partial charge in [-0.3, -0.25) is 9.89 Å². The first-order chi connectivity index (χ1) is 10.3. The molecule has 0 radical (unpaired) electrons. The van der Waals surface area contributed by atoms with E-state index in [1.807, 2.05) is 0 Å². The molecule has 1 atom stereocenters. The molecule has 124 valence electrons. The number of aromatic nitrogens is 3. The lowest BCUT2D eigenvalue weighted by atomic mass is 10.2. The Morgan fingerprint density at radius 2 is 2.36 bits per heavy atom. The third-order valence-electron chi connectivity index (χ3n) is 3.19. The van der Waals surface area contributed by atoms with Gasteiger partial charge in [0.1, 0.15) is 5.82 Å². The van der Waals surface area contributed by atoms with Crippen LogP contribution in [-0.2, 0) is 26.0 Å². The molecule has 1 aromatic heterocycles. The van der Waals surface area contributed by atoms with Gasteiger partial charge in [0.15, 0.2) is 0 Å². The molecule has 0 bridgehead atoms. The van der Waals surface area contributed by atoms with E-state index < -0.39 is 10.0 Å². The number of morpholine rings is 1. The Balaban J connectivity index is 1.71. The molecule has 9 nitrogen and oxygen atoms in total. The topological polar surface area (TPSA) is 117 Å². The fourth-order valence-electron chi connectivity index (χ4n) is 2.05. The van der Waals surface area contributed by atoms with Gasteiger partial charge in [-0.1, -0.05) is 0 Å². The van der Waals surface area contributed by atoms with Gasteiger partial charge in [0.25, 0.3) is 0 Å². The normalized spacial score (nSPS) is 20.0. The highest BCUT2D eigenvalue weighted by molar-refractivity contribution is 7.88. The minimum atomic E-state index is -3.23. The zero-order valence-corrected chi connectivity index (χ0v) is 13.7. The number of nitrogens with one attached hydrogen (secondary N) is 2. The van der Waals surface area contributed by atoms with Gasteiger partial charge in [-0.2, -0.15) is 4.31 Å². The quantitative estimate of drug-likeness (QED) is 0.690. The van der Waals surface area contributed by atoms with Crippen LogP contribution in [0.25, 0.3) is 0 Å². The van der Waals surface area contributed by atoms with Gasteiger partial charge in [-0.15, -0.1) is 5.10 Å². The molecule has 2 heterocycles. The first-order valence-electron chi connectivity index (χ1n) is 6.75. The highest BCUT2D eigenvalue weighted by Gasteiger charge is 2.26. The predicted molar refractivity (Wildman–Crippen MR) is 78.9 cm³/mol. The molecule has 1 aromatic rings. The van der Waals surface area contributed by atoms with Crippen molar-refractivity contribution in [3.05, 3.63) is 11.1 Å². The summed E-state index contributed by atoms with van der Waals surface area (Å²) >= 11 is 5.56. The Labute approximate surface area is 133 Å². The molecule has 1 amide bonds. The number of nitrogens with zero attached hydrogens (tertiary/aromatic N) is 3. The standard InChI is InChI=1S/C11H18ClN5O4S/c1-22(19,20)17-4-5-21-8(7-17)6-13-10(18)3-2-9-14-11(12)16-15-9/h8H,2-7H2,1H3,(H,13,18)(H,14,15,16)/t8-/m1/s1. The molecule has 0 saturated carbocycles. The van der Waals surface area contributed by atoms with Crippen molar-refractivity contribution in [3.8, 4) is 0 Å². The van der Waals surface area contributed by atoms with Crippen LogP contribution in [0.1, 0.15) is 12.2 Å². The van der Waals surface area contributed by atoms with Crippen LogP contribution in [0.15, 0.2) is 0 Å². The van der Waals surface area contributed by atoms with E-state index in [9.17, 15) is 13.2 Å². The first kappa shape index (κ1) is 17.1. The molecule has 1 aliphatic heterocycles. The maximum absolute atomic E-state index is 11.8. The summed E-state index contributed by atoms with van der Waals surface area (Å²) in [6.45, 7) is 1.18. The first-order valence-corrected chi connectivity index (χ1v) is 8.97. The highest BCUT2D eigenvalue weighted by Crippen LogP contribution is 2.08. The predicted octanol–water partition coefficient (Wildman–Crippen LogP) is -0.833. The average Bonchev–Trinajstić information content (AvgIpc) is 2.88. The van der Waals surface area contributed by atoms with Crippen LogP contribution in [0.3, 0.4) is 0 Å². The number of carbonyl (C=O) groups is 1. The monoisotopic (exact) mass is 351 g/mol.